The van der Waals surface area contributed by atoms with Gasteiger partial charge in [0, 0.05) is 0 Å². The Morgan fingerprint density at radius 1 is 0.950 bits per heavy atom. The van der Waals surface area contributed by atoms with Crippen molar-refractivity contribution in [2.45, 2.75) is 9.71 Å². The van der Waals surface area contributed by atoms with Gasteiger partial charge in [-0.25, -0.2) is 0 Å². The van der Waals surface area contributed by atoms with Gasteiger partial charge in [-0.05, 0) is 0 Å². The molecule has 0 saturated carbocycles. The topological polar surface area (TPSA) is 34.1 Å². The molecule has 5 heteroatoms. The van der Waals surface area contributed by atoms with Crippen LogP contribution < -0.4 is 4.46 Å². The number of sulfone groups is 1. The second-order valence-electron chi connectivity index (χ2n) is 4.30. The minimum absolute atomic E-state index is 0.137. The van der Waals surface area contributed by atoms with Crippen molar-refractivity contribution in [2.24, 2.45) is 0 Å². The quantitative estimate of drug-likeness (QED) is 0.744. The molecule has 2 rings (SSSR count). The van der Waals surface area contributed by atoms with Gasteiger partial charge in [0.2, 0.25) is 0 Å². The first-order valence-electron chi connectivity index (χ1n) is 6.17. The van der Waals surface area contributed by atoms with Gasteiger partial charge in [0.25, 0.3) is 0 Å². The number of alkyl halides is 1. The van der Waals surface area contributed by atoms with Gasteiger partial charge in [0.15, 0.2) is 0 Å². The van der Waals surface area contributed by atoms with Gasteiger partial charge in [-0.2, -0.15) is 0 Å². The molecule has 1 atom stereocenters. The Hall–Kier alpha value is -1.16. The van der Waals surface area contributed by atoms with Crippen LogP contribution >= 0.6 is 0 Å². The first-order valence-corrected chi connectivity index (χ1v) is 9.67. The van der Waals surface area contributed by atoms with Crippen LogP contribution in [0.15, 0.2) is 65.6 Å². The summed E-state index contributed by atoms with van der Waals surface area (Å²) in [7, 11) is -3.42. The summed E-state index contributed by atoms with van der Waals surface area (Å²) in [5.41, 5.74) is 0. The average Bonchev–Trinajstić information content (AvgIpc) is 2.48. The molecule has 106 valence electrons. The Kier molecular flexibility index (Phi) is 5.35. The van der Waals surface area contributed by atoms with Gasteiger partial charge in [0.1, 0.15) is 0 Å². The summed E-state index contributed by atoms with van der Waals surface area (Å²) in [5.74, 6) is -0.137. The van der Waals surface area contributed by atoms with Crippen molar-refractivity contribution in [2.75, 3.05) is 12.4 Å². The van der Waals surface area contributed by atoms with Crippen molar-refractivity contribution in [1.29, 1.82) is 0 Å². The standard InChI is InChI=1S/C15H15FO2SSe/c16-11-15(20-14-9-5-2-6-10-14)12-19(17,18)13-7-3-1-4-8-13/h1-10,15H,11-12H2. The maximum absolute atomic E-state index is 13.1. The van der Waals surface area contributed by atoms with E-state index < -0.39 is 21.3 Å². The maximum atomic E-state index is 13.1. The van der Waals surface area contributed by atoms with E-state index in [-0.39, 0.29) is 25.6 Å². The predicted octanol–water partition coefficient (Wildman–Crippen LogP) is 2.25. The van der Waals surface area contributed by atoms with Crippen LogP contribution in [0.4, 0.5) is 4.39 Å². The van der Waals surface area contributed by atoms with Crippen LogP contribution in [0.3, 0.4) is 0 Å². The molecule has 2 nitrogen and oxygen atoms in total. The van der Waals surface area contributed by atoms with Crippen molar-refractivity contribution in [3.63, 3.8) is 0 Å². The number of halogens is 1. The Balaban J connectivity index is 2.10. The molecule has 2 aromatic carbocycles. The molecule has 0 aliphatic rings. The Labute approximate surface area is 125 Å². The zero-order valence-electron chi connectivity index (χ0n) is 10.8. The Bertz CT molecular complexity index is 629. The van der Waals surface area contributed by atoms with E-state index >= 15 is 0 Å². The van der Waals surface area contributed by atoms with E-state index in [1.54, 1.807) is 30.3 Å². The molecule has 20 heavy (non-hydrogen) atoms. The van der Waals surface area contributed by atoms with Crippen LogP contribution in [0.25, 0.3) is 0 Å². The van der Waals surface area contributed by atoms with Crippen LogP contribution in [0.2, 0.25) is 4.82 Å². The number of hydrogen-bond acceptors (Lipinski definition) is 2. The molecular weight excluding hydrogens is 342 g/mol. The summed E-state index contributed by atoms with van der Waals surface area (Å²) in [6.07, 6.45) is 0. The third-order valence-corrected chi connectivity index (χ3v) is 7.49. The van der Waals surface area contributed by atoms with Gasteiger partial charge in [-0.1, -0.05) is 0 Å². The van der Waals surface area contributed by atoms with Gasteiger partial charge in [0.05, 0.1) is 0 Å². The van der Waals surface area contributed by atoms with Crippen LogP contribution in [0, 0.1) is 0 Å². The predicted molar refractivity (Wildman–Crippen MR) is 80.0 cm³/mol. The molecule has 0 radical (unpaired) electrons. The molecular formula is C15H15FO2SSe. The Morgan fingerprint density at radius 2 is 1.50 bits per heavy atom. The van der Waals surface area contributed by atoms with Crippen LogP contribution in [-0.2, 0) is 9.84 Å². The van der Waals surface area contributed by atoms with Crippen LogP contribution in [0.5, 0.6) is 0 Å². The van der Waals surface area contributed by atoms with Gasteiger partial charge >= 0.3 is 125 Å². The van der Waals surface area contributed by atoms with E-state index in [0.717, 1.165) is 4.46 Å². The molecule has 0 bridgehead atoms. The van der Waals surface area contributed by atoms with Crippen molar-refractivity contribution in [3.8, 4) is 0 Å². The fourth-order valence-electron chi connectivity index (χ4n) is 1.77. The summed E-state index contributed by atoms with van der Waals surface area (Å²) in [4.78, 5) is -0.183. The number of benzene rings is 2. The zero-order chi connectivity index (χ0) is 14.4. The van der Waals surface area contributed by atoms with E-state index in [1.165, 1.54) is 0 Å². The summed E-state index contributed by atoms with van der Waals surface area (Å²) in [6, 6.07) is 17.7. The van der Waals surface area contributed by atoms with E-state index in [9.17, 15) is 12.8 Å². The second kappa shape index (κ2) is 7.02. The molecule has 0 fully saturated rings. The van der Waals surface area contributed by atoms with E-state index in [2.05, 4.69) is 0 Å². The van der Waals surface area contributed by atoms with Crippen molar-refractivity contribution < 1.29 is 12.8 Å². The van der Waals surface area contributed by atoms with Gasteiger partial charge < -0.3 is 0 Å². The molecule has 0 amide bonds. The van der Waals surface area contributed by atoms with Crippen molar-refractivity contribution >= 4 is 29.3 Å². The molecule has 2 aromatic rings. The third kappa shape index (κ3) is 4.17. The van der Waals surface area contributed by atoms with Gasteiger partial charge in [-0.15, -0.1) is 0 Å². The third-order valence-electron chi connectivity index (χ3n) is 2.73. The molecule has 1 unspecified atom stereocenters. The molecule has 0 spiro atoms. The minimum atomic E-state index is -3.42. The molecule has 0 aliphatic carbocycles. The SMILES string of the molecule is O=S(=O)(CC(CF)[Se]c1ccccc1)c1ccccc1. The summed E-state index contributed by atoms with van der Waals surface area (Å²) in [6.45, 7) is -0.610. The summed E-state index contributed by atoms with van der Waals surface area (Å²) < 4.78 is 38.6. The van der Waals surface area contributed by atoms with Crippen molar-refractivity contribution in [1.82, 2.24) is 0 Å². The molecule has 0 N–H and O–H groups in total. The summed E-state index contributed by atoms with van der Waals surface area (Å²) >= 11 is -0.183. The molecule has 0 saturated heterocycles. The monoisotopic (exact) mass is 358 g/mol. The molecule has 0 aromatic heterocycles. The normalized spacial score (nSPS) is 13.1. The fourth-order valence-corrected chi connectivity index (χ4v) is 6.34. The average molecular weight is 357 g/mol. The fraction of sp³-hybridized carbons (Fsp3) is 0.200. The van der Waals surface area contributed by atoms with Gasteiger partial charge in [-0.3, -0.25) is 0 Å². The first kappa shape index (κ1) is 15.2. The van der Waals surface area contributed by atoms with Crippen molar-refractivity contribution in [3.05, 3.63) is 60.7 Å². The summed E-state index contributed by atoms with van der Waals surface area (Å²) in [5, 5.41) is 0. The molecule has 0 aliphatic heterocycles. The molecule has 0 heterocycles. The van der Waals surface area contributed by atoms with Crippen LogP contribution in [-0.4, -0.2) is 35.8 Å². The number of rotatable bonds is 6. The van der Waals surface area contributed by atoms with E-state index in [4.69, 9.17) is 0 Å². The number of hydrogen-bond donors (Lipinski definition) is 0. The zero-order valence-corrected chi connectivity index (χ0v) is 13.3. The Morgan fingerprint density at radius 3 is 2.05 bits per heavy atom. The van der Waals surface area contributed by atoms with E-state index in [0.29, 0.717) is 0 Å². The first-order chi connectivity index (χ1) is 9.62. The van der Waals surface area contributed by atoms with Crippen LogP contribution in [0.1, 0.15) is 0 Å². The second-order valence-corrected chi connectivity index (χ2v) is 9.22. The van der Waals surface area contributed by atoms with E-state index in [1.807, 2.05) is 30.3 Å².